The second kappa shape index (κ2) is 8.93. The highest BCUT2D eigenvalue weighted by atomic mass is 16.5. The van der Waals surface area contributed by atoms with Crippen LogP contribution < -0.4 is 20.1 Å². The standard InChI is InChI=1S/C20H25N5O2/c1-15-5-4-6-19-24-16(14-25(15)19)13-23-20(21-2)22-11-12-27-18-9-7-17(26-3)8-10-18/h4-10,14H,11-13H2,1-3H3,(H2,21,22,23). The summed E-state index contributed by atoms with van der Waals surface area (Å²) in [7, 11) is 3.39. The van der Waals surface area contributed by atoms with E-state index in [0.717, 1.165) is 28.5 Å². The van der Waals surface area contributed by atoms with E-state index in [4.69, 9.17) is 9.47 Å². The fourth-order valence-electron chi connectivity index (χ4n) is 2.69. The number of guanidine groups is 1. The molecule has 7 heteroatoms. The monoisotopic (exact) mass is 367 g/mol. The third kappa shape index (κ3) is 4.91. The van der Waals surface area contributed by atoms with Crippen LogP contribution in [0.4, 0.5) is 0 Å². The Kier molecular flexibility index (Phi) is 6.14. The van der Waals surface area contributed by atoms with Gasteiger partial charge in [-0.05, 0) is 43.3 Å². The molecule has 0 aliphatic carbocycles. The zero-order valence-electron chi connectivity index (χ0n) is 15.9. The number of aryl methyl sites for hydroxylation is 1. The molecule has 0 unspecified atom stereocenters. The summed E-state index contributed by atoms with van der Waals surface area (Å²) < 4.78 is 12.9. The zero-order valence-corrected chi connectivity index (χ0v) is 15.9. The number of benzene rings is 1. The number of aromatic nitrogens is 2. The number of hydrogen-bond acceptors (Lipinski definition) is 4. The molecule has 0 aliphatic heterocycles. The SMILES string of the molecule is CN=C(NCCOc1ccc(OC)cc1)NCc1cn2c(C)cccc2n1. The van der Waals surface area contributed by atoms with Gasteiger partial charge in [-0.15, -0.1) is 0 Å². The summed E-state index contributed by atoms with van der Waals surface area (Å²) in [6.07, 6.45) is 2.04. The van der Waals surface area contributed by atoms with Crippen molar-refractivity contribution in [3.8, 4) is 11.5 Å². The van der Waals surface area contributed by atoms with Crippen molar-refractivity contribution in [2.75, 3.05) is 27.3 Å². The number of nitrogens with zero attached hydrogens (tertiary/aromatic N) is 3. The quantitative estimate of drug-likeness (QED) is 0.381. The Morgan fingerprint density at radius 1 is 1.11 bits per heavy atom. The predicted octanol–water partition coefficient (Wildman–Crippen LogP) is 2.40. The van der Waals surface area contributed by atoms with Gasteiger partial charge in [-0.1, -0.05) is 6.07 Å². The number of hydrogen-bond donors (Lipinski definition) is 2. The number of pyridine rings is 1. The molecule has 142 valence electrons. The summed E-state index contributed by atoms with van der Waals surface area (Å²) in [4.78, 5) is 8.84. The van der Waals surface area contributed by atoms with Crippen molar-refractivity contribution in [1.29, 1.82) is 0 Å². The van der Waals surface area contributed by atoms with Gasteiger partial charge in [-0.25, -0.2) is 4.98 Å². The number of ether oxygens (including phenoxy) is 2. The maximum absolute atomic E-state index is 5.70. The van der Waals surface area contributed by atoms with Crippen LogP contribution in [0.3, 0.4) is 0 Å². The van der Waals surface area contributed by atoms with E-state index >= 15 is 0 Å². The lowest BCUT2D eigenvalue weighted by Gasteiger charge is -2.12. The van der Waals surface area contributed by atoms with E-state index in [9.17, 15) is 0 Å². The first-order valence-electron chi connectivity index (χ1n) is 8.84. The van der Waals surface area contributed by atoms with Gasteiger partial charge in [0, 0.05) is 18.9 Å². The molecule has 2 heterocycles. The zero-order chi connectivity index (χ0) is 19.1. The number of aliphatic imine (C=N–C) groups is 1. The highest BCUT2D eigenvalue weighted by Gasteiger charge is 2.04. The summed E-state index contributed by atoms with van der Waals surface area (Å²) in [5.41, 5.74) is 3.06. The summed E-state index contributed by atoms with van der Waals surface area (Å²) >= 11 is 0. The van der Waals surface area contributed by atoms with E-state index in [1.54, 1.807) is 14.2 Å². The number of imidazole rings is 1. The topological polar surface area (TPSA) is 72.2 Å². The maximum Gasteiger partial charge on any atom is 0.191 e. The molecule has 0 radical (unpaired) electrons. The van der Waals surface area contributed by atoms with E-state index in [-0.39, 0.29) is 0 Å². The van der Waals surface area contributed by atoms with Gasteiger partial charge in [-0.3, -0.25) is 4.99 Å². The molecule has 3 rings (SSSR count). The molecule has 1 aromatic carbocycles. The normalized spacial score (nSPS) is 11.4. The molecule has 2 aromatic heterocycles. The van der Waals surface area contributed by atoms with Crippen LogP contribution in [-0.4, -0.2) is 42.7 Å². The van der Waals surface area contributed by atoms with Crippen molar-refractivity contribution in [3.63, 3.8) is 0 Å². The van der Waals surface area contributed by atoms with Gasteiger partial charge >= 0.3 is 0 Å². The van der Waals surface area contributed by atoms with Gasteiger partial charge < -0.3 is 24.5 Å². The van der Waals surface area contributed by atoms with Crippen LogP contribution in [0.1, 0.15) is 11.4 Å². The lowest BCUT2D eigenvalue weighted by atomic mass is 10.3. The largest absolute Gasteiger partial charge is 0.497 e. The number of methoxy groups -OCH3 is 1. The minimum Gasteiger partial charge on any atom is -0.497 e. The molecule has 2 N–H and O–H groups in total. The second-order valence-corrected chi connectivity index (χ2v) is 6.00. The molecule has 0 saturated carbocycles. The summed E-state index contributed by atoms with van der Waals surface area (Å²) in [6, 6.07) is 13.6. The van der Waals surface area contributed by atoms with E-state index in [1.807, 2.05) is 42.6 Å². The molecule has 3 aromatic rings. The first kappa shape index (κ1) is 18.6. The van der Waals surface area contributed by atoms with Gasteiger partial charge in [0.1, 0.15) is 23.8 Å². The van der Waals surface area contributed by atoms with Crippen molar-refractivity contribution in [3.05, 3.63) is 60.0 Å². The van der Waals surface area contributed by atoms with E-state index in [2.05, 4.69) is 38.0 Å². The summed E-state index contributed by atoms with van der Waals surface area (Å²) in [5, 5.41) is 6.50. The van der Waals surface area contributed by atoms with Crippen molar-refractivity contribution in [2.45, 2.75) is 13.5 Å². The van der Waals surface area contributed by atoms with Crippen molar-refractivity contribution in [2.24, 2.45) is 4.99 Å². The lowest BCUT2D eigenvalue weighted by Crippen LogP contribution is -2.38. The molecule has 0 fully saturated rings. The molecule has 0 amide bonds. The highest BCUT2D eigenvalue weighted by Crippen LogP contribution is 2.16. The van der Waals surface area contributed by atoms with E-state index in [1.165, 1.54) is 0 Å². The van der Waals surface area contributed by atoms with Crippen molar-refractivity contribution >= 4 is 11.6 Å². The first-order chi connectivity index (χ1) is 13.2. The Hall–Kier alpha value is -3.22. The molecule has 7 nitrogen and oxygen atoms in total. The lowest BCUT2D eigenvalue weighted by molar-refractivity contribution is 0.321. The van der Waals surface area contributed by atoms with Crippen LogP contribution >= 0.6 is 0 Å². The number of rotatable bonds is 7. The number of fused-ring (bicyclic) bond motifs is 1. The van der Waals surface area contributed by atoms with Gasteiger partial charge in [0.25, 0.3) is 0 Å². The van der Waals surface area contributed by atoms with Crippen LogP contribution in [-0.2, 0) is 6.54 Å². The third-order valence-electron chi connectivity index (χ3n) is 4.13. The average Bonchev–Trinajstić information content (AvgIpc) is 3.12. The molecular formula is C20H25N5O2. The van der Waals surface area contributed by atoms with Crippen LogP contribution in [0.2, 0.25) is 0 Å². The van der Waals surface area contributed by atoms with Crippen LogP contribution in [0.5, 0.6) is 11.5 Å². The van der Waals surface area contributed by atoms with E-state index in [0.29, 0.717) is 25.7 Å². The molecule has 0 spiro atoms. The van der Waals surface area contributed by atoms with Gasteiger partial charge in [-0.2, -0.15) is 0 Å². The van der Waals surface area contributed by atoms with Gasteiger partial charge in [0.05, 0.1) is 25.9 Å². The maximum atomic E-state index is 5.70. The molecule has 0 atom stereocenters. The second-order valence-electron chi connectivity index (χ2n) is 6.00. The minimum absolute atomic E-state index is 0.528. The molecule has 0 bridgehead atoms. The highest BCUT2D eigenvalue weighted by molar-refractivity contribution is 5.79. The Bertz CT molecular complexity index is 902. The van der Waals surface area contributed by atoms with Crippen LogP contribution in [0.15, 0.2) is 53.7 Å². The Balaban J connectivity index is 1.44. The predicted molar refractivity (Wildman–Crippen MR) is 107 cm³/mol. The Morgan fingerprint density at radius 3 is 2.59 bits per heavy atom. The Morgan fingerprint density at radius 2 is 1.89 bits per heavy atom. The van der Waals surface area contributed by atoms with E-state index < -0.39 is 0 Å². The fraction of sp³-hybridized carbons (Fsp3) is 0.300. The third-order valence-corrected chi connectivity index (χ3v) is 4.13. The molecule has 27 heavy (non-hydrogen) atoms. The van der Waals surface area contributed by atoms with Crippen molar-refractivity contribution < 1.29 is 9.47 Å². The van der Waals surface area contributed by atoms with Gasteiger partial charge in [0.15, 0.2) is 5.96 Å². The van der Waals surface area contributed by atoms with Crippen molar-refractivity contribution in [1.82, 2.24) is 20.0 Å². The summed E-state index contributed by atoms with van der Waals surface area (Å²) in [6.45, 7) is 3.83. The fourth-order valence-corrected chi connectivity index (χ4v) is 2.69. The smallest absolute Gasteiger partial charge is 0.191 e. The molecule has 0 saturated heterocycles. The molecular weight excluding hydrogens is 342 g/mol. The minimum atomic E-state index is 0.528. The summed E-state index contributed by atoms with van der Waals surface area (Å²) in [5.74, 6) is 2.33. The van der Waals surface area contributed by atoms with Gasteiger partial charge in [0.2, 0.25) is 0 Å². The Labute approximate surface area is 159 Å². The molecule has 0 aliphatic rings. The van der Waals surface area contributed by atoms with Crippen LogP contribution in [0, 0.1) is 6.92 Å². The first-order valence-corrected chi connectivity index (χ1v) is 8.84. The van der Waals surface area contributed by atoms with Crippen LogP contribution in [0.25, 0.3) is 5.65 Å². The number of nitrogens with one attached hydrogen (secondary N) is 2. The average molecular weight is 367 g/mol.